The number of aryl methyl sites for hydroxylation is 2. The van der Waals surface area contributed by atoms with Gasteiger partial charge in [-0.1, -0.05) is 47.5 Å². The van der Waals surface area contributed by atoms with Gasteiger partial charge in [0, 0.05) is 45.6 Å². The van der Waals surface area contributed by atoms with Crippen molar-refractivity contribution < 1.29 is 28.8 Å². The first-order chi connectivity index (χ1) is 29.6. The number of Topliss-reactive ketones (excluding diaryl/α,β-unsaturated/α-hetero) is 2. The minimum atomic E-state index is -1.58. The maximum Gasteiger partial charge on any atom is 0.258 e. The quantitative estimate of drug-likeness (QED) is 0.0431. The van der Waals surface area contributed by atoms with Crippen molar-refractivity contribution in [1.29, 1.82) is 0 Å². The Morgan fingerprint density at radius 1 is 0.532 bits per heavy atom. The SMILES string of the molecule is CC(=O)C(N=Nc1cc(C(=O)Nc2cccc(CCl)c2)ccc1Cl)C(=O)Nc1cc(C)c(NC(=O)C(N=Nc2cc(C(=O)Nc3cccc(CCl)c3)ccc2Cl)C(C)=O)cc1C. The van der Waals surface area contributed by atoms with Gasteiger partial charge in [-0.15, -0.1) is 23.2 Å². The number of rotatable bonds is 16. The number of carbonyl (C=O) groups is 6. The van der Waals surface area contributed by atoms with Crippen LogP contribution in [0.2, 0.25) is 10.0 Å². The van der Waals surface area contributed by atoms with Gasteiger partial charge in [-0.3, -0.25) is 28.8 Å². The monoisotopic (exact) mass is 914 g/mol. The molecule has 0 aromatic heterocycles. The zero-order valence-electron chi connectivity index (χ0n) is 33.6. The Labute approximate surface area is 376 Å². The van der Waals surface area contributed by atoms with Gasteiger partial charge in [0.1, 0.15) is 11.4 Å². The van der Waals surface area contributed by atoms with Gasteiger partial charge < -0.3 is 21.3 Å². The molecule has 14 nitrogen and oxygen atoms in total. The Morgan fingerprint density at radius 2 is 0.919 bits per heavy atom. The molecular formula is C44H38Cl4N8O6. The van der Waals surface area contributed by atoms with Crippen LogP contribution in [0.4, 0.5) is 34.1 Å². The summed E-state index contributed by atoms with van der Waals surface area (Å²) in [6, 6.07) is 22.6. The van der Waals surface area contributed by atoms with E-state index in [9.17, 15) is 28.8 Å². The average Bonchev–Trinajstić information content (AvgIpc) is 3.23. The fraction of sp³-hybridized carbons (Fsp3) is 0.182. The molecule has 0 aliphatic heterocycles. The Kier molecular flexibility index (Phi) is 16.2. The molecule has 0 bridgehead atoms. The van der Waals surface area contributed by atoms with E-state index >= 15 is 0 Å². The highest BCUT2D eigenvalue weighted by atomic mass is 35.5. The number of nitrogens with one attached hydrogen (secondary N) is 4. The van der Waals surface area contributed by atoms with E-state index in [1.807, 2.05) is 12.1 Å². The van der Waals surface area contributed by atoms with E-state index in [1.165, 1.54) is 50.2 Å². The van der Waals surface area contributed by atoms with Crippen LogP contribution in [0.25, 0.3) is 0 Å². The number of amides is 4. The molecule has 0 heterocycles. The number of hydrogen-bond acceptors (Lipinski definition) is 10. The maximum absolute atomic E-state index is 13.4. The van der Waals surface area contributed by atoms with Crippen molar-refractivity contribution >= 4 is 116 Å². The van der Waals surface area contributed by atoms with Crippen LogP contribution >= 0.6 is 46.4 Å². The predicted octanol–water partition coefficient (Wildman–Crippen LogP) is 11.0. The van der Waals surface area contributed by atoms with Crippen LogP contribution in [0.3, 0.4) is 0 Å². The molecule has 4 amide bonds. The van der Waals surface area contributed by atoms with Crippen molar-refractivity contribution in [3.05, 3.63) is 140 Å². The van der Waals surface area contributed by atoms with Crippen LogP contribution in [0.1, 0.15) is 56.8 Å². The number of benzene rings is 5. The second-order valence-electron chi connectivity index (χ2n) is 13.8. The number of ketones is 2. The summed E-state index contributed by atoms with van der Waals surface area (Å²) in [7, 11) is 0. The highest BCUT2D eigenvalue weighted by molar-refractivity contribution is 6.33. The first kappa shape index (κ1) is 46.7. The fourth-order valence-corrected chi connectivity index (χ4v) is 6.34. The van der Waals surface area contributed by atoms with E-state index in [1.54, 1.807) is 62.4 Å². The molecule has 62 heavy (non-hydrogen) atoms. The lowest BCUT2D eigenvalue weighted by molar-refractivity contribution is -0.127. The number of hydrogen-bond donors (Lipinski definition) is 4. The van der Waals surface area contributed by atoms with Crippen LogP contribution in [-0.2, 0) is 30.9 Å². The van der Waals surface area contributed by atoms with E-state index < -0.39 is 47.3 Å². The summed E-state index contributed by atoms with van der Waals surface area (Å²) in [6.07, 6.45) is 0. The Bertz CT molecular complexity index is 2460. The van der Waals surface area contributed by atoms with Crippen molar-refractivity contribution in [2.75, 3.05) is 21.3 Å². The van der Waals surface area contributed by atoms with E-state index in [-0.39, 0.29) is 44.3 Å². The standard InChI is InChI=1S/C44H38Cl4N8O6/c1-23-15-36(52-44(62)40(26(4)58)56-54-38-20-30(12-14-34(38)48)42(60)50-32-10-6-8-28(18-32)22-46)24(2)16-35(23)51-43(61)39(25(3)57)55-53-37-19-29(11-13-33(37)47)41(59)49-31-9-5-7-27(17-31)21-45/h5-20,39-40H,21-22H2,1-4H3,(H,49,59)(H,50,60)(H,51,61)(H,52,62). The molecule has 2 unspecified atom stereocenters. The minimum absolute atomic E-state index is 0.0491. The summed E-state index contributed by atoms with van der Waals surface area (Å²) in [4.78, 5) is 78.0. The molecule has 2 atom stereocenters. The van der Waals surface area contributed by atoms with E-state index in [0.717, 1.165) is 11.1 Å². The van der Waals surface area contributed by atoms with Gasteiger partial charge in [-0.2, -0.15) is 20.5 Å². The normalized spacial score (nSPS) is 12.1. The second-order valence-corrected chi connectivity index (χ2v) is 15.2. The minimum Gasteiger partial charge on any atom is -0.324 e. The van der Waals surface area contributed by atoms with E-state index in [2.05, 4.69) is 41.7 Å². The number of alkyl halides is 2. The molecule has 4 N–H and O–H groups in total. The summed E-state index contributed by atoms with van der Waals surface area (Å²) in [5.74, 6) is -3.23. The van der Waals surface area contributed by atoms with Gasteiger partial charge in [0.05, 0.1) is 10.0 Å². The van der Waals surface area contributed by atoms with Gasteiger partial charge in [0.2, 0.25) is 12.1 Å². The zero-order chi connectivity index (χ0) is 45.1. The van der Waals surface area contributed by atoms with Crippen LogP contribution in [-0.4, -0.2) is 47.3 Å². The molecule has 5 aromatic carbocycles. The molecule has 0 aliphatic rings. The lowest BCUT2D eigenvalue weighted by Gasteiger charge is -2.16. The Hall–Kier alpha value is -6.32. The topological polar surface area (TPSA) is 200 Å². The first-order valence-corrected chi connectivity index (χ1v) is 20.5. The van der Waals surface area contributed by atoms with Crippen LogP contribution in [0, 0.1) is 13.8 Å². The number of halogens is 4. The number of carbonyl (C=O) groups excluding carboxylic acids is 6. The third kappa shape index (κ3) is 12.4. The largest absolute Gasteiger partial charge is 0.324 e. The highest BCUT2D eigenvalue weighted by Crippen LogP contribution is 2.30. The average molecular weight is 917 g/mol. The van der Waals surface area contributed by atoms with Gasteiger partial charge in [0.25, 0.3) is 23.6 Å². The predicted molar refractivity (Wildman–Crippen MR) is 242 cm³/mol. The molecule has 0 saturated heterocycles. The third-order valence-electron chi connectivity index (χ3n) is 9.01. The molecule has 0 fully saturated rings. The molecule has 0 spiro atoms. The van der Waals surface area contributed by atoms with Crippen molar-refractivity contribution in [3.8, 4) is 0 Å². The molecular weight excluding hydrogens is 878 g/mol. The van der Waals surface area contributed by atoms with E-state index in [0.29, 0.717) is 33.9 Å². The molecule has 318 valence electrons. The highest BCUT2D eigenvalue weighted by Gasteiger charge is 2.26. The van der Waals surface area contributed by atoms with Crippen molar-refractivity contribution in [2.24, 2.45) is 20.5 Å². The van der Waals surface area contributed by atoms with Gasteiger partial charge >= 0.3 is 0 Å². The summed E-state index contributed by atoms with van der Waals surface area (Å²) in [5.41, 5.74) is 4.74. The molecule has 0 radical (unpaired) electrons. The molecule has 5 aromatic rings. The van der Waals surface area contributed by atoms with Crippen LogP contribution in [0.5, 0.6) is 0 Å². The van der Waals surface area contributed by atoms with Gasteiger partial charge in [0.15, 0.2) is 11.6 Å². The van der Waals surface area contributed by atoms with Gasteiger partial charge in [-0.25, -0.2) is 0 Å². The Morgan fingerprint density at radius 3 is 1.27 bits per heavy atom. The van der Waals surface area contributed by atoms with Crippen molar-refractivity contribution in [3.63, 3.8) is 0 Å². The van der Waals surface area contributed by atoms with Crippen molar-refractivity contribution in [1.82, 2.24) is 0 Å². The second kappa shape index (κ2) is 21.5. The summed E-state index contributed by atoms with van der Waals surface area (Å²) in [5, 5.41) is 27.2. The fourth-order valence-electron chi connectivity index (χ4n) is 5.70. The third-order valence-corrected chi connectivity index (χ3v) is 10.3. The summed E-state index contributed by atoms with van der Waals surface area (Å²) >= 11 is 24.5. The Balaban J connectivity index is 1.26. The van der Waals surface area contributed by atoms with E-state index in [4.69, 9.17) is 46.4 Å². The zero-order valence-corrected chi connectivity index (χ0v) is 36.6. The van der Waals surface area contributed by atoms with Crippen molar-refractivity contribution in [2.45, 2.75) is 51.5 Å². The molecule has 0 saturated carbocycles. The number of nitrogens with zero attached hydrogens (tertiary/aromatic N) is 4. The number of azo groups is 2. The van der Waals surface area contributed by atoms with Crippen LogP contribution < -0.4 is 21.3 Å². The lowest BCUT2D eigenvalue weighted by Crippen LogP contribution is -2.32. The number of anilines is 4. The van der Waals surface area contributed by atoms with Gasteiger partial charge in [-0.05, 0) is 123 Å². The smallest absolute Gasteiger partial charge is 0.258 e. The van der Waals surface area contributed by atoms with Crippen LogP contribution in [0.15, 0.2) is 118 Å². The summed E-state index contributed by atoms with van der Waals surface area (Å²) < 4.78 is 0. The summed E-state index contributed by atoms with van der Waals surface area (Å²) in [6.45, 7) is 5.65. The molecule has 0 aliphatic carbocycles. The lowest BCUT2D eigenvalue weighted by atomic mass is 10.1. The molecule has 5 rings (SSSR count). The first-order valence-electron chi connectivity index (χ1n) is 18.6. The maximum atomic E-state index is 13.4. The molecule has 18 heteroatoms.